The van der Waals surface area contributed by atoms with Crippen LogP contribution in [0.2, 0.25) is 0 Å². The van der Waals surface area contributed by atoms with E-state index in [9.17, 15) is 9.59 Å². The van der Waals surface area contributed by atoms with Gasteiger partial charge in [-0.2, -0.15) is 5.10 Å². The monoisotopic (exact) mass is 245 g/mol. The zero-order chi connectivity index (χ0) is 13.1. The van der Waals surface area contributed by atoms with Crippen LogP contribution in [0.15, 0.2) is 36.4 Å². The van der Waals surface area contributed by atoms with E-state index in [0.29, 0.717) is 5.82 Å². The number of nitrogens with one attached hydrogen (secondary N) is 1. The second kappa shape index (κ2) is 4.70. The van der Waals surface area contributed by atoms with Crippen molar-refractivity contribution in [2.45, 2.75) is 0 Å². The first-order valence-corrected chi connectivity index (χ1v) is 5.21. The van der Waals surface area contributed by atoms with Crippen molar-refractivity contribution in [2.24, 2.45) is 7.05 Å². The molecule has 6 nitrogen and oxygen atoms in total. The van der Waals surface area contributed by atoms with E-state index >= 15 is 0 Å². The molecule has 1 amide bonds. The van der Waals surface area contributed by atoms with Gasteiger partial charge in [0.2, 0.25) is 5.91 Å². The summed E-state index contributed by atoms with van der Waals surface area (Å²) in [4.78, 5) is 21.7. The lowest BCUT2D eigenvalue weighted by Crippen LogP contribution is -2.09. The van der Waals surface area contributed by atoms with E-state index in [0.717, 1.165) is 23.1 Å². The molecule has 0 aliphatic carbocycles. The fraction of sp³-hybridized carbons (Fsp3) is 0.0833. The van der Waals surface area contributed by atoms with Gasteiger partial charge in [0, 0.05) is 24.6 Å². The van der Waals surface area contributed by atoms with Gasteiger partial charge >= 0.3 is 5.97 Å². The number of amides is 1. The first-order chi connectivity index (χ1) is 8.58. The lowest BCUT2D eigenvalue weighted by Gasteiger charge is -1.96. The molecule has 2 aromatic rings. The standard InChI is InChI=1S/C12H11N3O3/c1-15-9-5-3-2-4-8(9)12(14-15)13-10(16)6-7-11(17)18/h2-7H,1H3,(H,17,18)(H,13,14,16)/b7-6+. The van der Waals surface area contributed by atoms with Gasteiger partial charge in [-0.1, -0.05) is 12.1 Å². The maximum atomic E-state index is 11.5. The predicted octanol–water partition coefficient (Wildman–Crippen LogP) is 1.15. The molecule has 92 valence electrons. The molecule has 0 saturated carbocycles. The van der Waals surface area contributed by atoms with E-state index < -0.39 is 11.9 Å². The van der Waals surface area contributed by atoms with Gasteiger partial charge < -0.3 is 10.4 Å². The molecular weight excluding hydrogens is 234 g/mol. The highest BCUT2D eigenvalue weighted by Gasteiger charge is 2.09. The zero-order valence-corrected chi connectivity index (χ0v) is 9.62. The lowest BCUT2D eigenvalue weighted by atomic mass is 10.2. The highest BCUT2D eigenvalue weighted by molar-refractivity contribution is 6.06. The summed E-state index contributed by atoms with van der Waals surface area (Å²) in [5, 5.41) is 15.9. The summed E-state index contributed by atoms with van der Waals surface area (Å²) in [5.41, 5.74) is 0.884. The SMILES string of the molecule is Cn1nc(NC(=O)/C=C/C(=O)O)c2ccccc21. The number of carboxylic acids is 1. The molecule has 18 heavy (non-hydrogen) atoms. The van der Waals surface area contributed by atoms with Crippen LogP contribution in [0.5, 0.6) is 0 Å². The number of aliphatic carboxylic acids is 1. The largest absolute Gasteiger partial charge is 0.478 e. The average molecular weight is 245 g/mol. The van der Waals surface area contributed by atoms with Crippen molar-refractivity contribution in [1.82, 2.24) is 9.78 Å². The minimum atomic E-state index is -1.17. The van der Waals surface area contributed by atoms with Gasteiger partial charge in [-0.3, -0.25) is 9.48 Å². The van der Waals surface area contributed by atoms with Gasteiger partial charge in [0.15, 0.2) is 5.82 Å². The number of carboxylic acid groups (broad SMARTS) is 1. The summed E-state index contributed by atoms with van der Waals surface area (Å²) in [7, 11) is 1.77. The molecule has 2 rings (SSSR count). The minimum absolute atomic E-state index is 0.410. The number of hydrogen-bond acceptors (Lipinski definition) is 3. The lowest BCUT2D eigenvalue weighted by molar-refractivity contribution is -0.131. The fourth-order valence-corrected chi connectivity index (χ4v) is 1.61. The summed E-state index contributed by atoms with van der Waals surface area (Å²) < 4.78 is 1.64. The van der Waals surface area contributed by atoms with E-state index in [4.69, 9.17) is 5.11 Å². The van der Waals surface area contributed by atoms with Crippen LogP contribution in [0.4, 0.5) is 5.82 Å². The third-order valence-electron chi connectivity index (χ3n) is 2.38. The number of carbonyl (C=O) groups excluding carboxylic acids is 1. The van der Waals surface area contributed by atoms with E-state index in [1.165, 1.54) is 0 Å². The molecule has 0 radical (unpaired) electrons. The van der Waals surface area contributed by atoms with Crippen molar-refractivity contribution in [3.05, 3.63) is 36.4 Å². The first-order valence-electron chi connectivity index (χ1n) is 5.21. The van der Waals surface area contributed by atoms with Crippen molar-refractivity contribution < 1.29 is 14.7 Å². The number of aromatic nitrogens is 2. The number of carbonyl (C=O) groups is 2. The molecule has 1 aromatic carbocycles. The third-order valence-corrected chi connectivity index (χ3v) is 2.38. The summed E-state index contributed by atoms with van der Waals surface area (Å²) in [6.45, 7) is 0. The highest BCUT2D eigenvalue weighted by atomic mass is 16.4. The molecule has 1 heterocycles. The Balaban J connectivity index is 2.27. The summed E-state index contributed by atoms with van der Waals surface area (Å²) in [6, 6.07) is 7.43. The van der Waals surface area contributed by atoms with Crippen LogP contribution in [-0.2, 0) is 16.6 Å². The molecule has 0 spiro atoms. The van der Waals surface area contributed by atoms with Crippen LogP contribution in [0.3, 0.4) is 0 Å². The van der Waals surface area contributed by atoms with E-state index in [2.05, 4.69) is 10.4 Å². The second-order valence-electron chi connectivity index (χ2n) is 3.65. The molecule has 0 unspecified atom stereocenters. The normalized spacial score (nSPS) is 10.9. The molecule has 2 N–H and O–H groups in total. The Morgan fingerprint density at radius 1 is 1.33 bits per heavy atom. The molecular formula is C12H11N3O3. The van der Waals surface area contributed by atoms with E-state index in [1.807, 2.05) is 24.3 Å². The zero-order valence-electron chi connectivity index (χ0n) is 9.62. The summed E-state index contributed by atoms with van der Waals surface area (Å²) in [6.07, 6.45) is 1.73. The summed E-state index contributed by atoms with van der Waals surface area (Å²) >= 11 is 0. The van der Waals surface area contributed by atoms with E-state index in [-0.39, 0.29) is 0 Å². The molecule has 0 fully saturated rings. The third kappa shape index (κ3) is 2.37. The quantitative estimate of drug-likeness (QED) is 0.794. The molecule has 0 bridgehead atoms. The number of aryl methyl sites for hydroxylation is 1. The van der Waals surface area contributed by atoms with Crippen LogP contribution in [0.1, 0.15) is 0 Å². The molecule has 0 saturated heterocycles. The number of rotatable bonds is 3. The number of anilines is 1. The highest BCUT2D eigenvalue weighted by Crippen LogP contribution is 2.21. The number of benzene rings is 1. The van der Waals surface area contributed by atoms with Gasteiger partial charge in [-0.15, -0.1) is 0 Å². The Kier molecular flexibility index (Phi) is 3.09. The molecule has 0 atom stereocenters. The topological polar surface area (TPSA) is 84.2 Å². The number of nitrogens with zero attached hydrogens (tertiary/aromatic N) is 2. The maximum absolute atomic E-state index is 11.5. The van der Waals surface area contributed by atoms with Crippen molar-refractivity contribution in [3.63, 3.8) is 0 Å². The van der Waals surface area contributed by atoms with Crippen LogP contribution in [0.25, 0.3) is 10.9 Å². The van der Waals surface area contributed by atoms with Gasteiger partial charge in [0.1, 0.15) is 0 Å². The predicted molar refractivity (Wildman–Crippen MR) is 66.1 cm³/mol. The molecule has 0 aliphatic rings. The van der Waals surface area contributed by atoms with Crippen LogP contribution in [-0.4, -0.2) is 26.8 Å². The van der Waals surface area contributed by atoms with Gasteiger partial charge in [0.25, 0.3) is 0 Å². The number of para-hydroxylation sites is 1. The first kappa shape index (κ1) is 11.8. The Hall–Kier alpha value is -2.63. The van der Waals surface area contributed by atoms with Crippen LogP contribution < -0.4 is 5.32 Å². The van der Waals surface area contributed by atoms with Crippen LogP contribution in [0, 0.1) is 0 Å². The van der Waals surface area contributed by atoms with Gasteiger partial charge in [0.05, 0.1) is 5.52 Å². The van der Waals surface area contributed by atoms with Crippen LogP contribution >= 0.6 is 0 Å². The van der Waals surface area contributed by atoms with Gasteiger partial charge in [-0.05, 0) is 12.1 Å². The molecule has 6 heteroatoms. The number of hydrogen-bond donors (Lipinski definition) is 2. The van der Waals surface area contributed by atoms with Crippen molar-refractivity contribution in [2.75, 3.05) is 5.32 Å². The van der Waals surface area contributed by atoms with Gasteiger partial charge in [-0.25, -0.2) is 4.79 Å². The smallest absolute Gasteiger partial charge is 0.328 e. The number of fused-ring (bicyclic) bond motifs is 1. The average Bonchev–Trinajstić information content (AvgIpc) is 2.65. The molecule has 0 aliphatic heterocycles. The second-order valence-corrected chi connectivity index (χ2v) is 3.65. The molecule has 1 aromatic heterocycles. The van der Waals surface area contributed by atoms with Crippen molar-refractivity contribution in [3.8, 4) is 0 Å². The van der Waals surface area contributed by atoms with Crippen molar-refractivity contribution >= 4 is 28.6 Å². The van der Waals surface area contributed by atoms with Crippen molar-refractivity contribution in [1.29, 1.82) is 0 Å². The van der Waals surface area contributed by atoms with E-state index in [1.54, 1.807) is 11.7 Å². The Morgan fingerprint density at radius 3 is 2.78 bits per heavy atom. The Morgan fingerprint density at radius 2 is 2.06 bits per heavy atom. The Labute approximate surface area is 103 Å². The Bertz CT molecular complexity index is 643. The fourth-order valence-electron chi connectivity index (χ4n) is 1.61. The maximum Gasteiger partial charge on any atom is 0.328 e. The summed E-state index contributed by atoms with van der Waals surface area (Å²) in [5.74, 6) is -1.29. The minimum Gasteiger partial charge on any atom is -0.478 e.